The van der Waals surface area contributed by atoms with Gasteiger partial charge < -0.3 is 62.2 Å². The molecule has 15 aliphatic rings. The van der Waals surface area contributed by atoms with E-state index in [0.717, 1.165) is 57.8 Å². The predicted octanol–water partition coefficient (Wildman–Crippen LogP) is 7.99. The molecular weight excluding hydrogens is 1180 g/mol. The first-order chi connectivity index (χ1) is 42.7. The zero-order chi connectivity index (χ0) is 63.9. The Bertz CT molecular complexity index is 2570. The molecule has 6 bridgehead atoms. The normalized spacial score (nSPS) is 45.5. The Morgan fingerprint density at radius 1 is 0.433 bits per heavy atom. The fourth-order valence-corrected chi connectivity index (χ4v) is 18.3. The number of hydrogen-bond acceptors (Lipinski definition) is 25. The molecule has 0 radical (unpaired) electrons. The second kappa shape index (κ2) is 25.5. The second-order valence-electron chi connectivity index (χ2n) is 29.7. The van der Waals surface area contributed by atoms with Crippen molar-refractivity contribution in [2.24, 2.45) is 71.0 Å². The molecule has 15 rings (SSSR count). The topological polar surface area (TPSA) is 281 Å². The van der Waals surface area contributed by atoms with Crippen LogP contribution in [0.25, 0.3) is 0 Å². The lowest BCUT2D eigenvalue weighted by Gasteiger charge is -2.59. The van der Waals surface area contributed by atoms with Gasteiger partial charge in [0.15, 0.2) is 29.6 Å². The maximum atomic E-state index is 13.7. The summed E-state index contributed by atoms with van der Waals surface area (Å²) >= 11 is 0. The van der Waals surface area contributed by atoms with Crippen molar-refractivity contribution < 1.29 is 115 Å². The van der Waals surface area contributed by atoms with Gasteiger partial charge in [0.05, 0.1) is 45.1 Å². The summed E-state index contributed by atoms with van der Waals surface area (Å²) in [5, 5.41) is 3.27. The molecule has 0 aromatic rings. The highest BCUT2D eigenvalue weighted by molar-refractivity contribution is 5.79. The van der Waals surface area contributed by atoms with E-state index >= 15 is 0 Å². The van der Waals surface area contributed by atoms with Crippen molar-refractivity contribution >= 4 is 35.8 Å². The molecule has 0 unspecified atom stereocenters. The molecule has 12 saturated heterocycles. The standard InChI is InChI=1S/C65H97NO24/c1-34(2)66-62(32-75-49(68)19-22-52(71)78-55-39(7)45-16-13-36(4)42-25-28-60(10)83-57(80-55)64(42,45)89-86-60,33-76-50(69)20-23-53(72)79-56-40(8)46-17-14-37(5)43-26-29-61(11)84-58(81-56)65(43,46)90-87-61)31-74-48(67)18-21-51(70)77-54-38(6)44-15-12-35(3)41-24-27-59(9)82-47(30-73-54)63(41,44)88-85-59/h34-47,54-58,66H,12-33H2,1-11H3/t35-,36-,37-,38-,39-,40-,41+,42+,43+,44+,45+,46+,47+,54+,55-,56-,57-,58-,59-,60-,61-,63-,64-,65-/m1/s1. The number of hydrogen-bond donors (Lipinski definition) is 1. The number of esters is 6. The highest BCUT2D eigenvalue weighted by atomic mass is 17.3. The monoisotopic (exact) mass is 1280 g/mol. The first-order valence-corrected chi connectivity index (χ1v) is 33.6. The third kappa shape index (κ3) is 12.3. The van der Waals surface area contributed by atoms with Gasteiger partial charge in [-0.15, -0.1) is 0 Å². The molecule has 24 atom stereocenters. The van der Waals surface area contributed by atoms with Gasteiger partial charge in [-0.1, -0.05) is 55.4 Å². The number of fused-ring (bicyclic) bond motifs is 6. The summed E-state index contributed by atoms with van der Waals surface area (Å²) in [6.45, 7) is 20.2. The van der Waals surface area contributed by atoms with E-state index in [1.165, 1.54) is 0 Å². The van der Waals surface area contributed by atoms with Crippen molar-refractivity contribution in [3.05, 3.63) is 0 Å². The molecule has 3 spiro atoms. The van der Waals surface area contributed by atoms with E-state index < -0.39 is 152 Å². The zero-order valence-corrected chi connectivity index (χ0v) is 54.3. The molecule has 1 N–H and O–H groups in total. The number of ether oxygens (including phenoxy) is 12. The molecule has 3 aliphatic carbocycles. The van der Waals surface area contributed by atoms with Crippen molar-refractivity contribution in [2.45, 2.75) is 275 Å². The van der Waals surface area contributed by atoms with Gasteiger partial charge in [-0.05, 0) is 114 Å². The van der Waals surface area contributed by atoms with E-state index in [1.807, 2.05) is 41.5 Å². The number of carbonyl (C=O) groups is 6. The molecule has 3 saturated carbocycles. The smallest absolute Gasteiger partial charge is 0.308 e. The molecule has 25 heteroatoms. The van der Waals surface area contributed by atoms with Crippen LogP contribution < -0.4 is 5.32 Å². The summed E-state index contributed by atoms with van der Waals surface area (Å²) in [5.74, 6) is -7.27. The molecule has 12 heterocycles. The second-order valence-corrected chi connectivity index (χ2v) is 29.7. The highest BCUT2D eigenvalue weighted by Crippen LogP contribution is 2.64. The Morgan fingerprint density at radius 3 is 1.19 bits per heavy atom. The summed E-state index contributed by atoms with van der Waals surface area (Å²) in [4.78, 5) is 119. The maximum Gasteiger partial charge on any atom is 0.308 e. The summed E-state index contributed by atoms with van der Waals surface area (Å²) in [5.41, 5.74) is -4.08. The summed E-state index contributed by atoms with van der Waals surface area (Å²) in [6, 6.07) is -0.378. The van der Waals surface area contributed by atoms with Gasteiger partial charge in [0.1, 0.15) is 37.1 Å². The van der Waals surface area contributed by atoms with Crippen molar-refractivity contribution in [1.29, 1.82) is 0 Å². The minimum atomic E-state index is -1.58. The Morgan fingerprint density at radius 2 is 0.778 bits per heavy atom. The van der Waals surface area contributed by atoms with E-state index in [1.54, 1.807) is 13.8 Å². The van der Waals surface area contributed by atoms with Crippen LogP contribution in [0, 0.1) is 71.0 Å². The third-order valence-corrected chi connectivity index (χ3v) is 23.1. The van der Waals surface area contributed by atoms with Crippen LogP contribution >= 0.6 is 0 Å². The fourth-order valence-electron chi connectivity index (χ4n) is 18.3. The summed E-state index contributed by atoms with van der Waals surface area (Å²) in [7, 11) is 0. The minimum Gasteiger partial charge on any atom is -0.463 e. The van der Waals surface area contributed by atoms with Crippen LogP contribution in [0.4, 0.5) is 0 Å². The van der Waals surface area contributed by atoms with Crippen LogP contribution in [0.15, 0.2) is 0 Å². The van der Waals surface area contributed by atoms with E-state index in [0.29, 0.717) is 37.0 Å². The number of rotatable bonds is 20. The molecule has 0 aromatic heterocycles. The quantitative estimate of drug-likeness (QED) is 0.0686. The highest BCUT2D eigenvalue weighted by Gasteiger charge is 2.72. The average Bonchev–Trinajstić information content (AvgIpc) is 1.40. The van der Waals surface area contributed by atoms with Gasteiger partial charge in [0, 0.05) is 60.8 Å². The molecule has 506 valence electrons. The predicted molar refractivity (Wildman–Crippen MR) is 305 cm³/mol. The maximum absolute atomic E-state index is 13.7. The molecule has 12 aliphatic heterocycles. The Balaban J connectivity index is 0.671. The van der Waals surface area contributed by atoms with Crippen LogP contribution in [0.2, 0.25) is 0 Å². The lowest BCUT2D eigenvalue weighted by molar-refractivity contribution is -0.576. The molecule has 90 heavy (non-hydrogen) atoms. The molecule has 15 fully saturated rings. The lowest BCUT2D eigenvalue weighted by Crippen LogP contribution is -2.70. The zero-order valence-electron chi connectivity index (χ0n) is 54.3. The Hall–Kier alpha value is -3.70. The number of nitrogens with one attached hydrogen (secondary N) is 1. The van der Waals surface area contributed by atoms with Crippen molar-refractivity contribution in [1.82, 2.24) is 5.32 Å². The van der Waals surface area contributed by atoms with Crippen LogP contribution in [0.3, 0.4) is 0 Å². The fraction of sp³-hybridized carbons (Fsp3) is 0.908. The van der Waals surface area contributed by atoms with Crippen molar-refractivity contribution in [2.75, 3.05) is 26.4 Å². The Labute approximate surface area is 526 Å². The third-order valence-electron chi connectivity index (χ3n) is 23.1. The van der Waals surface area contributed by atoms with Crippen LogP contribution in [-0.4, -0.2) is 146 Å². The first-order valence-electron chi connectivity index (χ1n) is 33.6. The number of carbonyl (C=O) groups excluding carboxylic acids is 6. The van der Waals surface area contributed by atoms with Crippen molar-refractivity contribution in [3.63, 3.8) is 0 Å². The largest absolute Gasteiger partial charge is 0.463 e. The van der Waals surface area contributed by atoms with E-state index in [9.17, 15) is 28.8 Å². The van der Waals surface area contributed by atoms with Gasteiger partial charge in [0.25, 0.3) is 0 Å². The van der Waals surface area contributed by atoms with E-state index in [-0.39, 0.29) is 85.2 Å². The van der Waals surface area contributed by atoms with E-state index in [4.69, 9.17) is 86.2 Å². The Kier molecular flexibility index (Phi) is 18.8. The van der Waals surface area contributed by atoms with Gasteiger partial charge in [-0.3, -0.25) is 28.8 Å². The van der Waals surface area contributed by atoms with Gasteiger partial charge in [-0.2, -0.15) is 0 Å². The molecule has 25 nitrogen and oxygen atoms in total. The SMILES string of the molecule is CC(C)NC(COC(=O)CCC(=O)O[C@@H]1O[C@@H]2O[C@@]3(C)CC[C@H]4[C@H](C)CC[C@@H]([C@H]1C)[C@@]24OO3)(COC(=O)CCC(=O)O[C@@H]1O[C@@H]2O[C@@]3(C)CC[C@H]4[C@H](C)CC[C@@H]([C@H]1C)[C@@]24OO3)COC(=O)CCC(=O)O[C@@H]1OC[C@@H]2O[C@@]3(C)CC[C@H]4[C@H](C)CC[C@@H]([C@H]1C)[C@@]24OO3. The molecular formula is C65H97NO24. The lowest BCUT2D eigenvalue weighted by atomic mass is 9.58. The molecule has 0 aromatic carbocycles. The van der Waals surface area contributed by atoms with Crippen molar-refractivity contribution in [3.8, 4) is 0 Å². The first kappa shape index (κ1) is 66.3. The molecule has 0 amide bonds. The van der Waals surface area contributed by atoms with Crippen LogP contribution in [0.1, 0.15) is 192 Å². The van der Waals surface area contributed by atoms with Gasteiger partial charge in [-0.25, -0.2) is 29.3 Å². The minimum absolute atomic E-state index is 0.0979. The van der Waals surface area contributed by atoms with E-state index in [2.05, 4.69) is 26.1 Å². The van der Waals surface area contributed by atoms with Gasteiger partial charge in [0.2, 0.25) is 30.4 Å². The average molecular weight is 1280 g/mol. The van der Waals surface area contributed by atoms with Crippen LogP contribution in [-0.2, 0) is 115 Å². The van der Waals surface area contributed by atoms with Gasteiger partial charge >= 0.3 is 35.8 Å². The summed E-state index contributed by atoms with van der Waals surface area (Å²) in [6.07, 6.45) is 2.32. The van der Waals surface area contributed by atoms with Crippen LogP contribution in [0.5, 0.6) is 0 Å². The summed E-state index contributed by atoms with van der Waals surface area (Å²) < 4.78 is 73.9.